The normalized spacial score (nSPS) is 11.7. The van der Waals surface area contributed by atoms with E-state index in [1.54, 1.807) is 32.4 Å². The number of carbonyl (C=O) groups is 2. The lowest BCUT2D eigenvalue weighted by molar-refractivity contribution is -0.124. The predicted octanol–water partition coefficient (Wildman–Crippen LogP) is 2.84. The van der Waals surface area contributed by atoms with Crippen LogP contribution in [0.25, 0.3) is 0 Å². The molecule has 140 valence electrons. The summed E-state index contributed by atoms with van der Waals surface area (Å²) in [7, 11) is 3.14. The summed E-state index contributed by atoms with van der Waals surface area (Å²) in [6, 6.07) is 8.40. The maximum Gasteiger partial charge on any atom is 0.262 e. The van der Waals surface area contributed by atoms with Gasteiger partial charge in [0.2, 0.25) is 5.91 Å². The van der Waals surface area contributed by atoms with Gasteiger partial charge in [0.25, 0.3) is 5.91 Å². The molecule has 2 rings (SSSR count). The number of hydrogen-bond acceptors (Lipinski definition) is 5. The van der Waals surface area contributed by atoms with Gasteiger partial charge in [-0.2, -0.15) is 0 Å². The monoisotopic (exact) mass is 376 g/mol. The van der Waals surface area contributed by atoms with E-state index in [1.807, 2.05) is 31.4 Å². The number of hydrogen-bond donors (Lipinski definition) is 2. The van der Waals surface area contributed by atoms with Crippen molar-refractivity contribution >= 4 is 23.2 Å². The van der Waals surface area contributed by atoms with Crippen LogP contribution in [0.4, 0.5) is 0 Å². The molecule has 26 heavy (non-hydrogen) atoms. The van der Waals surface area contributed by atoms with Crippen molar-refractivity contribution in [3.05, 3.63) is 46.2 Å². The van der Waals surface area contributed by atoms with E-state index < -0.39 is 6.04 Å². The minimum Gasteiger partial charge on any atom is -0.493 e. The molecular weight excluding hydrogens is 352 g/mol. The molecule has 1 heterocycles. The van der Waals surface area contributed by atoms with Gasteiger partial charge in [-0.3, -0.25) is 9.59 Å². The lowest BCUT2D eigenvalue weighted by Crippen LogP contribution is -2.49. The number of nitrogens with one attached hydrogen (secondary N) is 2. The highest BCUT2D eigenvalue weighted by molar-refractivity contribution is 7.12. The van der Waals surface area contributed by atoms with E-state index in [1.165, 1.54) is 11.3 Å². The van der Waals surface area contributed by atoms with Crippen LogP contribution in [0.2, 0.25) is 0 Å². The predicted molar refractivity (Wildman–Crippen MR) is 102 cm³/mol. The first-order valence-corrected chi connectivity index (χ1v) is 9.17. The standard InChI is InChI=1S/C19H24N2O4S/c1-12(2)17(21-18(22)16-6-5-9-26-16)19(23)20-11-13-7-8-14(24-3)15(10-13)25-4/h5-10,12,17H,11H2,1-4H3,(H,20,23)(H,21,22)/t17-/m0/s1. The smallest absolute Gasteiger partial charge is 0.262 e. The van der Waals surface area contributed by atoms with Crippen molar-refractivity contribution in [2.75, 3.05) is 14.2 Å². The Labute approximate surface area is 157 Å². The fraction of sp³-hybridized carbons (Fsp3) is 0.368. The molecule has 0 unspecified atom stereocenters. The van der Waals surface area contributed by atoms with Crippen molar-refractivity contribution in [2.45, 2.75) is 26.4 Å². The quantitative estimate of drug-likeness (QED) is 0.743. The van der Waals surface area contributed by atoms with Gasteiger partial charge < -0.3 is 20.1 Å². The number of amides is 2. The highest BCUT2D eigenvalue weighted by atomic mass is 32.1. The van der Waals surface area contributed by atoms with Gasteiger partial charge in [0.1, 0.15) is 6.04 Å². The Morgan fingerprint density at radius 1 is 1.12 bits per heavy atom. The summed E-state index contributed by atoms with van der Waals surface area (Å²) in [5.74, 6) is 0.737. The number of rotatable bonds is 8. The Balaban J connectivity index is 2.00. The van der Waals surface area contributed by atoms with Gasteiger partial charge in [-0.05, 0) is 35.1 Å². The summed E-state index contributed by atoms with van der Waals surface area (Å²) in [5, 5.41) is 7.51. The molecule has 0 bridgehead atoms. The number of methoxy groups -OCH3 is 2. The van der Waals surface area contributed by atoms with Crippen molar-refractivity contribution in [3.8, 4) is 11.5 Å². The number of benzene rings is 1. The van der Waals surface area contributed by atoms with Gasteiger partial charge in [0.15, 0.2) is 11.5 Å². The van der Waals surface area contributed by atoms with Crippen molar-refractivity contribution in [1.29, 1.82) is 0 Å². The van der Waals surface area contributed by atoms with Crippen LogP contribution < -0.4 is 20.1 Å². The Morgan fingerprint density at radius 3 is 2.42 bits per heavy atom. The van der Waals surface area contributed by atoms with E-state index in [-0.39, 0.29) is 17.7 Å². The minimum absolute atomic E-state index is 0.0377. The van der Waals surface area contributed by atoms with Crippen molar-refractivity contribution in [1.82, 2.24) is 10.6 Å². The van der Waals surface area contributed by atoms with Crippen LogP contribution in [0.15, 0.2) is 35.7 Å². The molecule has 0 aliphatic heterocycles. The highest BCUT2D eigenvalue weighted by Gasteiger charge is 2.24. The second-order valence-electron chi connectivity index (χ2n) is 6.08. The third-order valence-corrected chi connectivity index (χ3v) is 4.76. The molecule has 2 N–H and O–H groups in total. The first-order valence-electron chi connectivity index (χ1n) is 8.29. The summed E-state index contributed by atoms with van der Waals surface area (Å²) in [5.41, 5.74) is 0.878. The average Bonchev–Trinajstić information content (AvgIpc) is 3.18. The minimum atomic E-state index is -0.607. The number of carbonyl (C=O) groups excluding carboxylic acids is 2. The van der Waals surface area contributed by atoms with Gasteiger partial charge in [0, 0.05) is 6.54 Å². The topological polar surface area (TPSA) is 76.7 Å². The van der Waals surface area contributed by atoms with Gasteiger partial charge >= 0.3 is 0 Å². The van der Waals surface area contributed by atoms with Gasteiger partial charge in [-0.25, -0.2) is 0 Å². The van der Waals surface area contributed by atoms with E-state index in [4.69, 9.17) is 9.47 Å². The SMILES string of the molecule is COc1ccc(CNC(=O)[C@@H](NC(=O)c2cccs2)C(C)C)cc1OC. The summed E-state index contributed by atoms with van der Waals surface area (Å²) in [6.45, 7) is 4.13. The van der Waals surface area contributed by atoms with Crippen LogP contribution in [0, 0.1) is 5.92 Å². The second kappa shape index (κ2) is 9.24. The molecule has 2 amide bonds. The molecule has 2 aromatic rings. The number of thiophene rings is 1. The summed E-state index contributed by atoms with van der Waals surface area (Å²) in [4.78, 5) is 25.4. The molecule has 1 atom stereocenters. The average molecular weight is 376 g/mol. The molecule has 1 aromatic heterocycles. The van der Waals surface area contributed by atoms with E-state index in [2.05, 4.69) is 10.6 Å². The van der Waals surface area contributed by atoms with E-state index in [0.717, 1.165) is 5.56 Å². The molecule has 0 fully saturated rings. The van der Waals surface area contributed by atoms with Gasteiger partial charge in [-0.1, -0.05) is 26.0 Å². The fourth-order valence-electron chi connectivity index (χ4n) is 2.44. The van der Waals surface area contributed by atoms with E-state index in [9.17, 15) is 9.59 Å². The highest BCUT2D eigenvalue weighted by Crippen LogP contribution is 2.27. The van der Waals surface area contributed by atoms with Gasteiger partial charge in [0.05, 0.1) is 19.1 Å². The van der Waals surface area contributed by atoms with Crippen LogP contribution in [0.1, 0.15) is 29.1 Å². The maximum atomic E-state index is 12.6. The van der Waals surface area contributed by atoms with Crippen LogP contribution in [-0.4, -0.2) is 32.1 Å². The van der Waals surface area contributed by atoms with Gasteiger partial charge in [-0.15, -0.1) is 11.3 Å². The van der Waals surface area contributed by atoms with Crippen LogP contribution in [0.5, 0.6) is 11.5 Å². The maximum absolute atomic E-state index is 12.6. The molecule has 1 aromatic carbocycles. The zero-order chi connectivity index (χ0) is 19.1. The number of ether oxygens (including phenoxy) is 2. The molecule has 0 aliphatic rings. The molecule has 0 saturated carbocycles. The van der Waals surface area contributed by atoms with Crippen LogP contribution >= 0.6 is 11.3 Å². The zero-order valence-corrected chi connectivity index (χ0v) is 16.2. The molecule has 7 heteroatoms. The third-order valence-electron chi connectivity index (χ3n) is 3.90. The molecule has 6 nitrogen and oxygen atoms in total. The lowest BCUT2D eigenvalue weighted by Gasteiger charge is -2.21. The Kier molecular flexibility index (Phi) is 7.03. The lowest BCUT2D eigenvalue weighted by atomic mass is 10.0. The zero-order valence-electron chi connectivity index (χ0n) is 15.4. The fourth-order valence-corrected chi connectivity index (χ4v) is 3.07. The molecule has 0 aliphatic carbocycles. The third kappa shape index (κ3) is 4.98. The van der Waals surface area contributed by atoms with Crippen molar-refractivity contribution in [3.63, 3.8) is 0 Å². The van der Waals surface area contributed by atoms with Crippen LogP contribution in [0.3, 0.4) is 0 Å². The molecular formula is C19H24N2O4S. The summed E-state index contributed by atoms with van der Waals surface area (Å²) < 4.78 is 10.5. The Morgan fingerprint density at radius 2 is 1.85 bits per heavy atom. The van der Waals surface area contributed by atoms with E-state index in [0.29, 0.717) is 22.9 Å². The largest absolute Gasteiger partial charge is 0.493 e. The first kappa shape index (κ1) is 19.8. The van der Waals surface area contributed by atoms with E-state index >= 15 is 0 Å². The molecule has 0 radical (unpaired) electrons. The first-order chi connectivity index (χ1) is 12.5. The summed E-state index contributed by atoms with van der Waals surface area (Å²) >= 11 is 1.34. The Hall–Kier alpha value is -2.54. The Bertz CT molecular complexity index is 744. The van der Waals surface area contributed by atoms with Crippen molar-refractivity contribution < 1.29 is 19.1 Å². The summed E-state index contributed by atoms with van der Waals surface area (Å²) in [6.07, 6.45) is 0. The van der Waals surface area contributed by atoms with Crippen molar-refractivity contribution in [2.24, 2.45) is 5.92 Å². The second-order valence-corrected chi connectivity index (χ2v) is 7.03. The molecule has 0 saturated heterocycles. The van der Waals surface area contributed by atoms with Crippen LogP contribution in [-0.2, 0) is 11.3 Å². The molecule has 0 spiro atoms.